The molecule has 52 heavy (non-hydrogen) atoms. The van der Waals surface area contributed by atoms with Crippen molar-refractivity contribution in [2.45, 2.75) is 144 Å². The summed E-state index contributed by atoms with van der Waals surface area (Å²) < 4.78 is 0. The highest BCUT2D eigenvalue weighted by Crippen LogP contribution is 2.40. The maximum Gasteiger partial charge on any atom is 0.141 e. The van der Waals surface area contributed by atoms with Crippen LogP contribution >= 0.6 is 0 Å². The Labute approximate surface area is 315 Å². The van der Waals surface area contributed by atoms with E-state index in [2.05, 4.69) is 95.6 Å². The van der Waals surface area contributed by atoms with Gasteiger partial charge in [-0.3, -0.25) is 19.2 Å². The molecule has 3 aliphatic heterocycles. The number of hydrogen-bond donors (Lipinski definition) is 3. The number of nitrogens with one attached hydrogen (secondary N) is 3. The number of Topliss-reactive ketones (excluding diaryl/α,β-unsaturated/α-hetero) is 4. The molecule has 2 aromatic carbocycles. The molecule has 0 bridgehead atoms. The maximum absolute atomic E-state index is 12.0. The second-order valence-corrected chi connectivity index (χ2v) is 19.1. The Hall–Kier alpha value is -3.00. The zero-order chi connectivity index (χ0) is 39.0. The van der Waals surface area contributed by atoms with Gasteiger partial charge in [-0.25, -0.2) is 0 Å². The standard InChI is InChI=1S/C14H19NO.C14H18O.C9H17NO.C8H15NO/c1-14(2)9-13(16)12(10-15-14)8-11-6-4-3-5-7-11;1-14(2)9-8-12(13(15)10-14)11-6-4-3-5-7-11;1-8(2)6-10-9(3,4)5-7(8)11;1-6-5-9-8(2,3)4-7(6)10/h3-7,12,15H,8-10H2,1-2H3;3-7,12H,8-10H2,1-2H3;10H,5-6H2,1-4H3;6,9H,4-5H2,1-3H3. The van der Waals surface area contributed by atoms with Gasteiger partial charge in [-0.1, -0.05) is 95.3 Å². The number of hydrogen-bond acceptors (Lipinski definition) is 7. The molecule has 3 N–H and O–H groups in total. The fraction of sp³-hybridized carbons (Fsp3) is 0.644. The second-order valence-electron chi connectivity index (χ2n) is 19.1. The summed E-state index contributed by atoms with van der Waals surface area (Å²) in [5.41, 5.74) is 2.51. The van der Waals surface area contributed by atoms with E-state index in [1.54, 1.807) is 0 Å². The smallest absolute Gasteiger partial charge is 0.141 e. The van der Waals surface area contributed by atoms with Crippen LogP contribution in [0.3, 0.4) is 0 Å². The van der Waals surface area contributed by atoms with Crippen molar-refractivity contribution in [3.8, 4) is 0 Å². The van der Waals surface area contributed by atoms with Crippen molar-refractivity contribution in [2.24, 2.45) is 22.7 Å². The van der Waals surface area contributed by atoms with Gasteiger partial charge in [-0.05, 0) is 77.3 Å². The lowest BCUT2D eigenvalue weighted by molar-refractivity contribution is -0.131. The van der Waals surface area contributed by atoms with Gasteiger partial charge in [0.25, 0.3) is 0 Å². The molecule has 2 aromatic rings. The Morgan fingerprint density at radius 3 is 1.60 bits per heavy atom. The molecule has 0 spiro atoms. The number of benzene rings is 2. The molecular formula is C45H69N3O4. The van der Waals surface area contributed by atoms with Crippen molar-refractivity contribution in [2.75, 3.05) is 19.6 Å². The number of carbonyl (C=O) groups is 4. The Morgan fingerprint density at radius 2 is 1.12 bits per heavy atom. The molecule has 3 atom stereocenters. The first-order chi connectivity index (χ1) is 24.0. The Kier molecular flexibility index (Phi) is 14.9. The third-order valence-corrected chi connectivity index (χ3v) is 11.0. The fourth-order valence-corrected chi connectivity index (χ4v) is 7.14. The minimum Gasteiger partial charge on any atom is -0.311 e. The van der Waals surface area contributed by atoms with Crippen LogP contribution < -0.4 is 16.0 Å². The third-order valence-electron chi connectivity index (χ3n) is 11.0. The Balaban J connectivity index is 0.000000190. The average Bonchev–Trinajstić information content (AvgIpc) is 3.04. The van der Waals surface area contributed by atoms with E-state index >= 15 is 0 Å². The summed E-state index contributed by atoms with van der Waals surface area (Å²) in [6.45, 7) is 25.2. The van der Waals surface area contributed by atoms with Crippen LogP contribution in [0.2, 0.25) is 0 Å². The Morgan fingerprint density at radius 1 is 0.596 bits per heavy atom. The molecule has 3 unspecified atom stereocenters. The van der Waals surface area contributed by atoms with Crippen molar-refractivity contribution in [1.29, 1.82) is 0 Å². The topological polar surface area (TPSA) is 104 Å². The average molecular weight is 716 g/mol. The SMILES string of the molecule is CC1(C)CC(=O)C(C)(C)CN1.CC1(C)CC(=O)C(Cc2ccccc2)CN1.CC1(C)CCC(c2ccccc2)C(=O)C1.CC1CNC(C)(C)CC1=O. The largest absolute Gasteiger partial charge is 0.311 e. The summed E-state index contributed by atoms with van der Waals surface area (Å²) in [4.78, 5) is 46.6. The van der Waals surface area contributed by atoms with Crippen LogP contribution in [0.5, 0.6) is 0 Å². The summed E-state index contributed by atoms with van der Waals surface area (Å²) >= 11 is 0. The highest BCUT2D eigenvalue weighted by Gasteiger charge is 2.38. The zero-order valence-corrected chi connectivity index (χ0v) is 34.2. The van der Waals surface area contributed by atoms with E-state index in [0.717, 1.165) is 45.3 Å². The maximum atomic E-state index is 12.0. The van der Waals surface area contributed by atoms with Crippen LogP contribution in [0.1, 0.15) is 132 Å². The minimum absolute atomic E-state index is 0.00655. The summed E-state index contributed by atoms with van der Waals surface area (Å²) in [5.74, 6) is 2.10. The van der Waals surface area contributed by atoms with Crippen LogP contribution in [0.15, 0.2) is 60.7 Å². The van der Waals surface area contributed by atoms with Gasteiger partial charge < -0.3 is 16.0 Å². The second kappa shape index (κ2) is 17.9. The number of ketones is 4. The molecule has 4 aliphatic rings. The van der Waals surface area contributed by atoms with Crippen LogP contribution in [0.4, 0.5) is 0 Å². The molecule has 288 valence electrons. The molecule has 0 aromatic heterocycles. The van der Waals surface area contributed by atoms with Gasteiger partial charge in [-0.15, -0.1) is 0 Å². The number of carbonyl (C=O) groups excluding carboxylic acids is 4. The molecule has 3 heterocycles. The molecule has 0 radical (unpaired) electrons. The molecule has 6 rings (SSSR count). The zero-order valence-electron chi connectivity index (χ0n) is 34.2. The first kappa shape index (κ1) is 43.4. The lowest BCUT2D eigenvalue weighted by Crippen LogP contribution is -2.54. The monoisotopic (exact) mass is 716 g/mol. The van der Waals surface area contributed by atoms with Crippen molar-refractivity contribution >= 4 is 23.1 Å². The van der Waals surface area contributed by atoms with E-state index in [1.807, 2.05) is 57.2 Å². The van der Waals surface area contributed by atoms with Crippen molar-refractivity contribution in [3.05, 3.63) is 71.8 Å². The molecule has 0 amide bonds. The van der Waals surface area contributed by atoms with Crippen LogP contribution in [-0.4, -0.2) is 59.4 Å². The van der Waals surface area contributed by atoms with Gasteiger partial charge in [0, 0.05) is 85.1 Å². The highest BCUT2D eigenvalue weighted by molar-refractivity contribution is 5.87. The summed E-state index contributed by atoms with van der Waals surface area (Å²) in [6.07, 6.45) is 5.72. The van der Waals surface area contributed by atoms with Crippen LogP contribution in [0.25, 0.3) is 0 Å². The van der Waals surface area contributed by atoms with E-state index in [0.29, 0.717) is 42.4 Å². The van der Waals surface area contributed by atoms with E-state index in [-0.39, 0.29) is 45.2 Å². The molecule has 3 saturated heterocycles. The first-order valence-electron chi connectivity index (χ1n) is 19.5. The van der Waals surface area contributed by atoms with Crippen LogP contribution in [0, 0.1) is 22.7 Å². The van der Waals surface area contributed by atoms with Gasteiger partial charge in [-0.2, -0.15) is 0 Å². The Bertz CT molecular complexity index is 1490. The number of rotatable bonds is 3. The molecule has 7 heteroatoms. The molecule has 7 nitrogen and oxygen atoms in total. The normalized spacial score (nSPS) is 27.0. The van der Waals surface area contributed by atoms with Gasteiger partial charge in [0.2, 0.25) is 0 Å². The van der Waals surface area contributed by atoms with E-state index in [4.69, 9.17) is 0 Å². The highest BCUT2D eigenvalue weighted by atomic mass is 16.1. The van der Waals surface area contributed by atoms with Crippen LogP contribution in [-0.2, 0) is 25.6 Å². The van der Waals surface area contributed by atoms with Crippen molar-refractivity contribution in [1.82, 2.24) is 16.0 Å². The predicted octanol–water partition coefficient (Wildman–Crippen LogP) is 8.05. The molecule has 1 aliphatic carbocycles. The van der Waals surface area contributed by atoms with Crippen molar-refractivity contribution in [3.63, 3.8) is 0 Å². The molecular weight excluding hydrogens is 647 g/mol. The lowest BCUT2D eigenvalue weighted by atomic mass is 9.70. The summed E-state index contributed by atoms with van der Waals surface area (Å²) in [6, 6.07) is 20.4. The third kappa shape index (κ3) is 14.1. The summed E-state index contributed by atoms with van der Waals surface area (Å²) in [5, 5.41) is 10.1. The van der Waals surface area contributed by atoms with Gasteiger partial charge in [0.1, 0.15) is 23.1 Å². The number of piperidine rings is 3. The first-order valence-corrected chi connectivity index (χ1v) is 19.5. The van der Waals surface area contributed by atoms with Gasteiger partial charge >= 0.3 is 0 Å². The van der Waals surface area contributed by atoms with E-state index in [1.165, 1.54) is 11.1 Å². The minimum atomic E-state index is -0.157. The molecule has 1 saturated carbocycles. The molecule has 4 fully saturated rings. The lowest BCUT2D eigenvalue weighted by Gasteiger charge is -2.38. The van der Waals surface area contributed by atoms with E-state index < -0.39 is 0 Å². The van der Waals surface area contributed by atoms with E-state index in [9.17, 15) is 19.2 Å². The van der Waals surface area contributed by atoms with Crippen molar-refractivity contribution < 1.29 is 19.2 Å². The van der Waals surface area contributed by atoms with Gasteiger partial charge in [0.05, 0.1) is 0 Å². The fourth-order valence-electron chi connectivity index (χ4n) is 7.14. The quantitative estimate of drug-likeness (QED) is 0.296. The summed E-state index contributed by atoms with van der Waals surface area (Å²) in [7, 11) is 0. The predicted molar refractivity (Wildman–Crippen MR) is 214 cm³/mol. The van der Waals surface area contributed by atoms with Gasteiger partial charge in [0.15, 0.2) is 0 Å².